The van der Waals surface area contributed by atoms with Crippen molar-refractivity contribution in [1.29, 1.82) is 0 Å². The van der Waals surface area contributed by atoms with E-state index in [9.17, 15) is 18.8 Å². The van der Waals surface area contributed by atoms with Gasteiger partial charge in [0.25, 0.3) is 5.91 Å². The molecule has 0 heterocycles. The van der Waals surface area contributed by atoms with E-state index in [4.69, 9.17) is 4.74 Å². The van der Waals surface area contributed by atoms with Crippen molar-refractivity contribution in [2.45, 2.75) is 33.3 Å². The Balaban J connectivity index is 2.16. The highest BCUT2D eigenvalue weighted by Crippen LogP contribution is 2.24. The van der Waals surface area contributed by atoms with Gasteiger partial charge in [0.1, 0.15) is 11.4 Å². The van der Waals surface area contributed by atoms with E-state index in [2.05, 4.69) is 16.0 Å². The van der Waals surface area contributed by atoms with Crippen LogP contribution in [0.1, 0.15) is 38.1 Å². The number of rotatable bonds is 4. The normalized spacial score (nSPS) is 10.8. The van der Waals surface area contributed by atoms with Gasteiger partial charge in [0.15, 0.2) is 0 Å². The van der Waals surface area contributed by atoms with Crippen LogP contribution in [0.4, 0.5) is 26.2 Å². The Morgan fingerprint density at radius 3 is 2.11 bits per heavy atom. The lowest BCUT2D eigenvalue weighted by molar-refractivity contribution is -0.114. The Bertz CT molecular complexity index is 889. The molecule has 0 aliphatic rings. The fourth-order valence-electron chi connectivity index (χ4n) is 2.25. The molecule has 0 fully saturated rings. The van der Waals surface area contributed by atoms with Gasteiger partial charge in [0.05, 0.1) is 11.4 Å². The molecule has 0 aromatic heterocycles. The maximum atomic E-state index is 13.6. The average Bonchev–Trinajstić information content (AvgIpc) is 2.55. The zero-order chi connectivity index (χ0) is 20.9. The van der Waals surface area contributed by atoms with Crippen molar-refractivity contribution in [3.8, 4) is 0 Å². The number of anilines is 3. The average molecular weight is 387 g/mol. The van der Waals surface area contributed by atoms with E-state index < -0.39 is 23.4 Å². The van der Waals surface area contributed by atoms with Crippen LogP contribution < -0.4 is 16.0 Å². The third-order valence-electron chi connectivity index (χ3n) is 3.33. The minimum atomic E-state index is -0.728. The molecule has 0 spiro atoms. The summed E-state index contributed by atoms with van der Waals surface area (Å²) in [4.78, 5) is 35.5. The molecule has 28 heavy (non-hydrogen) atoms. The van der Waals surface area contributed by atoms with Crippen molar-refractivity contribution in [2.75, 3.05) is 16.0 Å². The standard InChI is InChI=1S/C20H22FN3O4/c1-12(25)22-15-8-5-13(6-9-15)18(26)23-17-11-14(21)7-10-16(17)24-19(27)28-20(2,3)4/h5-11H,1-4H3,(H,22,25)(H,23,26)(H,24,27). The molecule has 0 aliphatic carbocycles. The quantitative estimate of drug-likeness (QED) is 0.725. The number of benzene rings is 2. The first-order valence-electron chi connectivity index (χ1n) is 8.52. The molecule has 0 radical (unpaired) electrons. The molecule has 0 saturated carbocycles. The predicted molar refractivity (Wildman–Crippen MR) is 105 cm³/mol. The monoisotopic (exact) mass is 387 g/mol. The molecule has 2 rings (SSSR count). The fourth-order valence-corrected chi connectivity index (χ4v) is 2.25. The molecule has 7 nitrogen and oxygen atoms in total. The van der Waals surface area contributed by atoms with Crippen molar-refractivity contribution in [3.05, 3.63) is 53.8 Å². The Labute approximate surface area is 162 Å². The highest BCUT2D eigenvalue weighted by Gasteiger charge is 2.18. The van der Waals surface area contributed by atoms with Crippen molar-refractivity contribution >= 4 is 35.0 Å². The number of carbonyl (C=O) groups excluding carboxylic acids is 3. The molecule has 0 unspecified atom stereocenters. The van der Waals surface area contributed by atoms with Gasteiger partial charge in [-0.3, -0.25) is 14.9 Å². The van der Waals surface area contributed by atoms with Crippen LogP contribution in [-0.4, -0.2) is 23.5 Å². The van der Waals surface area contributed by atoms with Gasteiger partial charge in [-0.1, -0.05) is 0 Å². The third kappa shape index (κ3) is 6.39. The molecule has 2 aromatic carbocycles. The first-order chi connectivity index (χ1) is 13.0. The van der Waals surface area contributed by atoms with Crippen LogP contribution in [0.15, 0.2) is 42.5 Å². The Kier molecular flexibility index (Phi) is 6.35. The predicted octanol–water partition coefficient (Wildman–Crippen LogP) is 4.38. The van der Waals surface area contributed by atoms with Gasteiger partial charge >= 0.3 is 6.09 Å². The SMILES string of the molecule is CC(=O)Nc1ccc(C(=O)Nc2cc(F)ccc2NC(=O)OC(C)(C)C)cc1. The lowest BCUT2D eigenvalue weighted by Crippen LogP contribution is -2.27. The Morgan fingerprint density at radius 2 is 1.54 bits per heavy atom. The molecular weight excluding hydrogens is 365 g/mol. The molecule has 3 N–H and O–H groups in total. The molecule has 0 aliphatic heterocycles. The number of carbonyl (C=O) groups is 3. The van der Waals surface area contributed by atoms with Crippen molar-refractivity contribution < 1.29 is 23.5 Å². The summed E-state index contributed by atoms with van der Waals surface area (Å²) < 4.78 is 18.8. The smallest absolute Gasteiger partial charge is 0.412 e. The van der Waals surface area contributed by atoms with E-state index in [1.54, 1.807) is 32.9 Å². The maximum absolute atomic E-state index is 13.6. The zero-order valence-corrected chi connectivity index (χ0v) is 16.1. The Hall–Kier alpha value is -3.42. The maximum Gasteiger partial charge on any atom is 0.412 e. The highest BCUT2D eigenvalue weighted by molar-refractivity contribution is 6.07. The van der Waals surface area contributed by atoms with E-state index in [0.29, 0.717) is 11.3 Å². The van der Waals surface area contributed by atoms with E-state index in [-0.39, 0.29) is 17.3 Å². The largest absolute Gasteiger partial charge is 0.444 e. The van der Waals surface area contributed by atoms with Gasteiger partial charge in [0, 0.05) is 18.2 Å². The summed E-state index contributed by atoms with van der Waals surface area (Å²) in [6, 6.07) is 9.75. The molecular formula is C20H22FN3O4. The lowest BCUT2D eigenvalue weighted by Gasteiger charge is -2.20. The van der Waals surface area contributed by atoms with Crippen LogP contribution in [0.25, 0.3) is 0 Å². The van der Waals surface area contributed by atoms with Crippen LogP contribution in [-0.2, 0) is 9.53 Å². The summed E-state index contributed by atoms with van der Waals surface area (Å²) in [5, 5.41) is 7.65. The van der Waals surface area contributed by atoms with E-state index >= 15 is 0 Å². The number of halogens is 1. The summed E-state index contributed by atoms with van der Waals surface area (Å²) in [5.41, 5.74) is 0.410. The molecule has 0 saturated heterocycles. The molecule has 148 valence electrons. The van der Waals surface area contributed by atoms with Crippen LogP contribution in [0.3, 0.4) is 0 Å². The summed E-state index contributed by atoms with van der Waals surface area (Å²) in [7, 11) is 0. The number of amides is 3. The van der Waals surface area contributed by atoms with Gasteiger partial charge in [-0.15, -0.1) is 0 Å². The number of hydrogen-bond donors (Lipinski definition) is 3. The van der Waals surface area contributed by atoms with Gasteiger partial charge in [-0.05, 0) is 63.2 Å². The van der Waals surface area contributed by atoms with Gasteiger partial charge in [-0.2, -0.15) is 0 Å². The summed E-state index contributed by atoms with van der Waals surface area (Å²) in [6.45, 7) is 6.52. The summed E-state index contributed by atoms with van der Waals surface area (Å²) in [6.07, 6.45) is -0.728. The molecule has 0 atom stereocenters. The van der Waals surface area contributed by atoms with Gasteiger partial charge < -0.3 is 15.4 Å². The number of ether oxygens (including phenoxy) is 1. The molecule has 3 amide bonds. The Morgan fingerprint density at radius 1 is 0.893 bits per heavy atom. The topological polar surface area (TPSA) is 96.5 Å². The van der Waals surface area contributed by atoms with Crippen LogP contribution in [0.5, 0.6) is 0 Å². The van der Waals surface area contributed by atoms with E-state index in [1.807, 2.05) is 0 Å². The first kappa shape index (κ1) is 20.9. The number of hydrogen-bond acceptors (Lipinski definition) is 4. The second kappa shape index (κ2) is 8.51. The lowest BCUT2D eigenvalue weighted by atomic mass is 10.1. The van der Waals surface area contributed by atoms with Gasteiger partial charge in [0.2, 0.25) is 5.91 Å². The van der Waals surface area contributed by atoms with E-state index in [1.165, 1.54) is 25.1 Å². The first-order valence-corrected chi connectivity index (χ1v) is 8.52. The number of nitrogens with one attached hydrogen (secondary N) is 3. The summed E-state index contributed by atoms with van der Waals surface area (Å²) in [5.74, 6) is -1.31. The minimum Gasteiger partial charge on any atom is -0.444 e. The van der Waals surface area contributed by atoms with Crippen LogP contribution >= 0.6 is 0 Å². The van der Waals surface area contributed by atoms with E-state index in [0.717, 1.165) is 12.1 Å². The highest BCUT2D eigenvalue weighted by atomic mass is 19.1. The zero-order valence-electron chi connectivity index (χ0n) is 16.1. The van der Waals surface area contributed by atoms with Crippen molar-refractivity contribution in [1.82, 2.24) is 0 Å². The van der Waals surface area contributed by atoms with Crippen LogP contribution in [0, 0.1) is 5.82 Å². The van der Waals surface area contributed by atoms with Crippen molar-refractivity contribution in [3.63, 3.8) is 0 Å². The van der Waals surface area contributed by atoms with Crippen LogP contribution in [0.2, 0.25) is 0 Å². The minimum absolute atomic E-state index is 0.0850. The molecule has 8 heteroatoms. The van der Waals surface area contributed by atoms with Gasteiger partial charge in [-0.25, -0.2) is 9.18 Å². The second-order valence-corrected chi connectivity index (χ2v) is 7.03. The molecule has 2 aromatic rings. The van der Waals surface area contributed by atoms with Crippen molar-refractivity contribution in [2.24, 2.45) is 0 Å². The third-order valence-corrected chi connectivity index (χ3v) is 3.33. The fraction of sp³-hybridized carbons (Fsp3) is 0.250. The summed E-state index contributed by atoms with van der Waals surface area (Å²) >= 11 is 0. The molecule has 0 bridgehead atoms. The second-order valence-electron chi connectivity index (χ2n) is 7.03.